The molecule has 3 heterocycles. The summed E-state index contributed by atoms with van der Waals surface area (Å²) in [6.07, 6.45) is 3.14. The summed E-state index contributed by atoms with van der Waals surface area (Å²) in [5.41, 5.74) is 2.21. The van der Waals surface area contributed by atoms with E-state index in [1.807, 2.05) is 0 Å². The standard InChI is InChI=1S/C9H12N2O2/c1-2-7(10-4-1)8-6-3-5-12-9(6)13-11-8/h6,9H,1-5H2/t6-,9+/m1/s1. The van der Waals surface area contributed by atoms with Gasteiger partial charge in [0.2, 0.25) is 6.29 Å². The number of aliphatic imine (C=N–C) groups is 1. The smallest absolute Gasteiger partial charge is 0.235 e. The van der Waals surface area contributed by atoms with Gasteiger partial charge in [0.05, 0.1) is 18.2 Å². The molecule has 0 unspecified atom stereocenters. The maximum Gasteiger partial charge on any atom is 0.235 e. The molecule has 3 aliphatic heterocycles. The van der Waals surface area contributed by atoms with Crippen molar-refractivity contribution < 1.29 is 9.57 Å². The van der Waals surface area contributed by atoms with E-state index in [0.717, 1.165) is 43.8 Å². The fourth-order valence-electron chi connectivity index (χ4n) is 2.12. The second kappa shape index (κ2) is 2.80. The van der Waals surface area contributed by atoms with Crippen LogP contribution in [0.1, 0.15) is 19.3 Å². The third kappa shape index (κ3) is 1.09. The van der Waals surface area contributed by atoms with Crippen LogP contribution in [0.5, 0.6) is 0 Å². The summed E-state index contributed by atoms with van der Waals surface area (Å²) in [4.78, 5) is 9.62. The zero-order chi connectivity index (χ0) is 8.67. The normalized spacial score (nSPS) is 36.9. The summed E-state index contributed by atoms with van der Waals surface area (Å²) in [5, 5.41) is 4.06. The lowest BCUT2D eigenvalue weighted by atomic mass is 9.97. The molecule has 0 saturated carbocycles. The predicted octanol–water partition coefficient (Wildman–Crippen LogP) is 0.970. The first-order chi connectivity index (χ1) is 6.45. The Bertz CT molecular complexity index is 285. The summed E-state index contributed by atoms with van der Waals surface area (Å²) in [5.74, 6) is 0.358. The van der Waals surface area contributed by atoms with Crippen molar-refractivity contribution in [2.45, 2.75) is 25.6 Å². The summed E-state index contributed by atoms with van der Waals surface area (Å²) < 4.78 is 5.37. The van der Waals surface area contributed by atoms with Gasteiger partial charge in [-0.2, -0.15) is 0 Å². The first-order valence-electron chi connectivity index (χ1n) is 4.84. The van der Waals surface area contributed by atoms with Crippen molar-refractivity contribution in [1.29, 1.82) is 0 Å². The van der Waals surface area contributed by atoms with Crippen LogP contribution in [0.15, 0.2) is 10.1 Å². The third-order valence-electron chi connectivity index (χ3n) is 2.82. The molecule has 2 atom stereocenters. The van der Waals surface area contributed by atoms with Crippen LogP contribution in [-0.4, -0.2) is 30.9 Å². The molecule has 0 spiro atoms. The van der Waals surface area contributed by atoms with E-state index in [1.165, 1.54) is 0 Å². The molecule has 3 rings (SSSR count). The Kier molecular flexibility index (Phi) is 1.62. The molecule has 0 bridgehead atoms. The third-order valence-corrected chi connectivity index (χ3v) is 2.82. The number of hydrogen-bond acceptors (Lipinski definition) is 4. The van der Waals surface area contributed by atoms with Crippen LogP contribution in [0.4, 0.5) is 0 Å². The van der Waals surface area contributed by atoms with Gasteiger partial charge in [-0.1, -0.05) is 5.16 Å². The number of rotatable bonds is 1. The fourth-order valence-corrected chi connectivity index (χ4v) is 2.12. The van der Waals surface area contributed by atoms with E-state index in [9.17, 15) is 0 Å². The van der Waals surface area contributed by atoms with Gasteiger partial charge in [-0.15, -0.1) is 0 Å². The summed E-state index contributed by atoms with van der Waals surface area (Å²) >= 11 is 0. The molecule has 3 aliphatic rings. The molecule has 4 heteroatoms. The number of ether oxygens (including phenoxy) is 1. The Balaban J connectivity index is 1.84. The lowest BCUT2D eigenvalue weighted by Gasteiger charge is -2.06. The Morgan fingerprint density at radius 1 is 1.38 bits per heavy atom. The van der Waals surface area contributed by atoms with Crippen LogP contribution in [0.25, 0.3) is 0 Å². The van der Waals surface area contributed by atoms with Crippen molar-refractivity contribution in [3.05, 3.63) is 0 Å². The van der Waals surface area contributed by atoms with Gasteiger partial charge in [0, 0.05) is 6.54 Å². The van der Waals surface area contributed by atoms with E-state index in [2.05, 4.69) is 10.1 Å². The minimum absolute atomic E-state index is 0.113. The topological polar surface area (TPSA) is 43.2 Å². The van der Waals surface area contributed by atoms with Gasteiger partial charge >= 0.3 is 0 Å². The molecule has 0 aromatic carbocycles. The average Bonchev–Trinajstić information content (AvgIpc) is 2.79. The molecule has 0 radical (unpaired) electrons. The quantitative estimate of drug-likeness (QED) is 0.603. The van der Waals surface area contributed by atoms with E-state index in [0.29, 0.717) is 5.92 Å². The van der Waals surface area contributed by atoms with Crippen LogP contribution in [0.3, 0.4) is 0 Å². The van der Waals surface area contributed by atoms with Gasteiger partial charge in [0.1, 0.15) is 5.71 Å². The van der Waals surface area contributed by atoms with E-state index in [1.54, 1.807) is 0 Å². The monoisotopic (exact) mass is 180 g/mol. The van der Waals surface area contributed by atoms with Crippen LogP contribution >= 0.6 is 0 Å². The minimum atomic E-state index is -0.113. The molecule has 1 saturated heterocycles. The summed E-state index contributed by atoms with van der Waals surface area (Å²) in [7, 11) is 0. The molecular formula is C9H12N2O2. The Hall–Kier alpha value is -0.900. The average molecular weight is 180 g/mol. The maximum absolute atomic E-state index is 5.37. The van der Waals surface area contributed by atoms with Gasteiger partial charge in [-0.05, 0) is 19.3 Å². The van der Waals surface area contributed by atoms with E-state index in [4.69, 9.17) is 9.57 Å². The molecule has 0 aliphatic carbocycles. The van der Waals surface area contributed by atoms with Gasteiger partial charge in [-0.25, -0.2) is 0 Å². The molecule has 13 heavy (non-hydrogen) atoms. The van der Waals surface area contributed by atoms with Crippen molar-refractivity contribution in [2.24, 2.45) is 16.1 Å². The van der Waals surface area contributed by atoms with E-state index in [-0.39, 0.29) is 6.29 Å². The van der Waals surface area contributed by atoms with E-state index < -0.39 is 0 Å². The minimum Gasteiger partial charge on any atom is -0.363 e. The SMILES string of the molecule is C1CN=C(C2=NO[C@@H]3OCC[C@H]23)C1. The second-order valence-electron chi connectivity index (χ2n) is 3.65. The molecule has 1 fully saturated rings. The Morgan fingerprint density at radius 3 is 3.23 bits per heavy atom. The molecule has 4 nitrogen and oxygen atoms in total. The first-order valence-corrected chi connectivity index (χ1v) is 4.84. The highest BCUT2D eigenvalue weighted by Crippen LogP contribution is 2.30. The first kappa shape index (κ1) is 7.50. The van der Waals surface area contributed by atoms with Crippen LogP contribution in [0.2, 0.25) is 0 Å². The van der Waals surface area contributed by atoms with Crippen LogP contribution in [-0.2, 0) is 9.57 Å². The number of oxime groups is 1. The molecule has 0 N–H and O–H groups in total. The highest BCUT2D eigenvalue weighted by molar-refractivity contribution is 6.43. The second-order valence-corrected chi connectivity index (χ2v) is 3.65. The molecule has 0 aromatic rings. The molecular weight excluding hydrogens is 168 g/mol. The number of nitrogens with zero attached hydrogens (tertiary/aromatic N) is 2. The van der Waals surface area contributed by atoms with Gasteiger partial charge in [0.25, 0.3) is 0 Å². The number of fused-ring (bicyclic) bond motifs is 1. The summed E-state index contributed by atoms with van der Waals surface area (Å²) in [6.45, 7) is 1.74. The molecule has 0 amide bonds. The van der Waals surface area contributed by atoms with Crippen LogP contribution < -0.4 is 0 Å². The van der Waals surface area contributed by atoms with Gasteiger partial charge in [0.15, 0.2) is 0 Å². The van der Waals surface area contributed by atoms with Crippen molar-refractivity contribution >= 4 is 11.4 Å². The fraction of sp³-hybridized carbons (Fsp3) is 0.778. The highest BCUT2D eigenvalue weighted by Gasteiger charge is 2.41. The lowest BCUT2D eigenvalue weighted by molar-refractivity contribution is -0.106. The van der Waals surface area contributed by atoms with Crippen molar-refractivity contribution in [2.75, 3.05) is 13.2 Å². The number of hydrogen-bond donors (Lipinski definition) is 0. The zero-order valence-corrected chi connectivity index (χ0v) is 7.40. The van der Waals surface area contributed by atoms with E-state index >= 15 is 0 Å². The largest absolute Gasteiger partial charge is 0.363 e. The molecule has 70 valence electrons. The Labute approximate surface area is 76.6 Å². The Morgan fingerprint density at radius 2 is 2.38 bits per heavy atom. The highest BCUT2D eigenvalue weighted by atomic mass is 16.8. The van der Waals surface area contributed by atoms with Crippen molar-refractivity contribution in [3.8, 4) is 0 Å². The molecule has 0 aromatic heterocycles. The van der Waals surface area contributed by atoms with Crippen molar-refractivity contribution in [3.63, 3.8) is 0 Å². The lowest BCUT2D eigenvalue weighted by Crippen LogP contribution is -2.23. The van der Waals surface area contributed by atoms with Crippen molar-refractivity contribution in [1.82, 2.24) is 0 Å². The predicted molar refractivity (Wildman–Crippen MR) is 47.9 cm³/mol. The van der Waals surface area contributed by atoms with Gasteiger partial charge < -0.3 is 9.57 Å². The van der Waals surface area contributed by atoms with Gasteiger partial charge in [-0.3, -0.25) is 4.99 Å². The van der Waals surface area contributed by atoms with Crippen LogP contribution in [0, 0.1) is 5.92 Å². The summed E-state index contributed by atoms with van der Waals surface area (Å²) in [6, 6.07) is 0. The zero-order valence-electron chi connectivity index (χ0n) is 7.40. The maximum atomic E-state index is 5.37.